The zero-order chi connectivity index (χ0) is 12.1. The summed E-state index contributed by atoms with van der Waals surface area (Å²) in [5.74, 6) is 0.993. The fourth-order valence-corrected chi connectivity index (χ4v) is 2.08. The predicted molar refractivity (Wildman–Crippen MR) is 68.6 cm³/mol. The Kier molecular flexibility index (Phi) is 4.40. The summed E-state index contributed by atoms with van der Waals surface area (Å²) in [6.45, 7) is 7.51. The summed E-state index contributed by atoms with van der Waals surface area (Å²) < 4.78 is 11.2. The molecular weight excluding hydrogens is 214 g/mol. The topological polar surface area (TPSA) is 30.5 Å². The number of ether oxygens (including phenoxy) is 2. The van der Waals surface area contributed by atoms with E-state index in [1.807, 2.05) is 0 Å². The minimum absolute atomic E-state index is 0.439. The lowest BCUT2D eigenvalue weighted by Gasteiger charge is -2.23. The molecule has 2 rings (SSSR count). The Morgan fingerprint density at radius 3 is 3.00 bits per heavy atom. The summed E-state index contributed by atoms with van der Waals surface area (Å²) in [6.07, 6.45) is 0.993. The van der Waals surface area contributed by atoms with Crippen LogP contribution in [-0.4, -0.2) is 32.4 Å². The van der Waals surface area contributed by atoms with Crippen LogP contribution in [0.1, 0.15) is 17.5 Å². The molecule has 1 saturated heterocycles. The molecule has 1 heterocycles. The number of rotatable bonds is 4. The van der Waals surface area contributed by atoms with Crippen LogP contribution >= 0.6 is 0 Å². The van der Waals surface area contributed by atoms with Crippen molar-refractivity contribution in [2.45, 2.75) is 26.3 Å². The number of benzene rings is 1. The molecule has 1 aromatic rings. The number of morpholine rings is 1. The lowest BCUT2D eigenvalue weighted by molar-refractivity contribution is 0.0691. The van der Waals surface area contributed by atoms with E-state index in [2.05, 4.69) is 37.4 Å². The molecule has 94 valence electrons. The lowest BCUT2D eigenvalue weighted by atomic mass is 10.1. The van der Waals surface area contributed by atoms with Crippen LogP contribution in [-0.2, 0) is 4.74 Å². The standard InChI is InChI=1S/C14H21NO2/c1-11-3-4-14(12(2)9-11)17-7-5-13-10-16-8-6-15-13/h3-4,9,13,15H,5-8,10H2,1-2H3. The molecule has 0 bridgehead atoms. The van der Waals surface area contributed by atoms with E-state index < -0.39 is 0 Å². The molecule has 0 saturated carbocycles. The number of aryl methyl sites for hydroxylation is 2. The van der Waals surface area contributed by atoms with Crippen LogP contribution in [0.4, 0.5) is 0 Å². The van der Waals surface area contributed by atoms with Gasteiger partial charge in [0.2, 0.25) is 0 Å². The van der Waals surface area contributed by atoms with E-state index >= 15 is 0 Å². The first kappa shape index (κ1) is 12.4. The van der Waals surface area contributed by atoms with E-state index in [1.54, 1.807) is 0 Å². The Morgan fingerprint density at radius 1 is 1.41 bits per heavy atom. The molecule has 1 atom stereocenters. The first-order valence-electron chi connectivity index (χ1n) is 6.27. The third kappa shape index (κ3) is 3.72. The summed E-state index contributed by atoms with van der Waals surface area (Å²) in [7, 11) is 0. The molecule has 0 aliphatic carbocycles. The van der Waals surface area contributed by atoms with Gasteiger partial charge in [-0.3, -0.25) is 0 Å². The van der Waals surface area contributed by atoms with Crippen LogP contribution in [0.2, 0.25) is 0 Å². The van der Waals surface area contributed by atoms with E-state index in [1.165, 1.54) is 11.1 Å². The molecule has 0 spiro atoms. The van der Waals surface area contributed by atoms with Gasteiger partial charge in [0, 0.05) is 12.6 Å². The van der Waals surface area contributed by atoms with Crippen LogP contribution in [0.25, 0.3) is 0 Å². The van der Waals surface area contributed by atoms with Gasteiger partial charge in [-0.25, -0.2) is 0 Å². The second kappa shape index (κ2) is 6.03. The number of nitrogens with one attached hydrogen (secondary N) is 1. The SMILES string of the molecule is Cc1ccc(OCCC2COCCN2)c(C)c1. The Labute approximate surface area is 103 Å². The first-order chi connectivity index (χ1) is 8.25. The van der Waals surface area contributed by atoms with Crippen LogP contribution in [0.3, 0.4) is 0 Å². The van der Waals surface area contributed by atoms with Crippen molar-refractivity contribution in [1.82, 2.24) is 5.32 Å². The molecule has 1 N–H and O–H groups in total. The molecule has 0 amide bonds. The summed E-state index contributed by atoms with van der Waals surface area (Å²) in [5.41, 5.74) is 2.48. The minimum atomic E-state index is 0.439. The fraction of sp³-hybridized carbons (Fsp3) is 0.571. The van der Waals surface area contributed by atoms with Gasteiger partial charge in [0.25, 0.3) is 0 Å². The normalized spacial score (nSPS) is 20.2. The van der Waals surface area contributed by atoms with Crippen LogP contribution in [0.5, 0.6) is 5.75 Å². The third-order valence-corrected chi connectivity index (χ3v) is 3.05. The first-order valence-corrected chi connectivity index (χ1v) is 6.27. The Balaban J connectivity index is 1.77. The Hall–Kier alpha value is -1.06. The van der Waals surface area contributed by atoms with Gasteiger partial charge in [0.1, 0.15) is 5.75 Å². The Bertz CT molecular complexity index is 359. The molecular formula is C14H21NO2. The van der Waals surface area contributed by atoms with Crippen molar-refractivity contribution in [3.8, 4) is 5.75 Å². The van der Waals surface area contributed by atoms with Gasteiger partial charge in [-0.2, -0.15) is 0 Å². The second-order valence-corrected chi connectivity index (χ2v) is 4.63. The quantitative estimate of drug-likeness (QED) is 0.866. The van der Waals surface area contributed by atoms with Crippen molar-refractivity contribution in [2.24, 2.45) is 0 Å². The van der Waals surface area contributed by atoms with Crippen LogP contribution in [0, 0.1) is 13.8 Å². The van der Waals surface area contributed by atoms with E-state index in [-0.39, 0.29) is 0 Å². The zero-order valence-electron chi connectivity index (χ0n) is 10.7. The molecule has 3 nitrogen and oxygen atoms in total. The highest BCUT2D eigenvalue weighted by molar-refractivity contribution is 5.35. The van der Waals surface area contributed by atoms with Gasteiger partial charge in [-0.05, 0) is 31.9 Å². The largest absolute Gasteiger partial charge is 0.493 e. The minimum Gasteiger partial charge on any atom is -0.493 e. The van der Waals surface area contributed by atoms with Crippen molar-refractivity contribution >= 4 is 0 Å². The summed E-state index contributed by atoms with van der Waals surface area (Å²) in [4.78, 5) is 0. The maximum Gasteiger partial charge on any atom is 0.122 e. The highest BCUT2D eigenvalue weighted by atomic mass is 16.5. The maximum absolute atomic E-state index is 5.80. The average molecular weight is 235 g/mol. The van der Waals surface area contributed by atoms with Gasteiger partial charge in [-0.1, -0.05) is 17.7 Å². The summed E-state index contributed by atoms with van der Waals surface area (Å²) in [5, 5.41) is 3.42. The van der Waals surface area contributed by atoms with E-state index in [0.717, 1.165) is 38.5 Å². The number of hydrogen-bond acceptors (Lipinski definition) is 3. The predicted octanol–water partition coefficient (Wildman–Crippen LogP) is 2.06. The molecule has 0 aromatic heterocycles. The number of hydrogen-bond donors (Lipinski definition) is 1. The molecule has 1 aliphatic rings. The van der Waals surface area contributed by atoms with Gasteiger partial charge < -0.3 is 14.8 Å². The van der Waals surface area contributed by atoms with Crippen molar-refractivity contribution in [3.63, 3.8) is 0 Å². The van der Waals surface area contributed by atoms with Gasteiger partial charge in [0.15, 0.2) is 0 Å². The van der Waals surface area contributed by atoms with E-state index in [4.69, 9.17) is 9.47 Å². The van der Waals surface area contributed by atoms with Crippen LogP contribution in [0.15, 0.2) is 18.2 Å². The van der Waals surface area contributed by atoms with Gasteiger partial charge in [0.05, 0.1) is 19.8 Å². The lowest BCUT2D eigenvalue weighted by Crippen LogP contribution is -2.42. The van der Waals surface area contributed by atoms with E-state index in [9.17, 15) is 0 Å². The van der Waals surface area contributed by atoms with Crippen molar-refractivity contribution in [3.05, 3.63) is 29.3 Å². The van der Waals surface area contributed by atoms with Crippen molar-refractivity contribution in [1.29, 1.82) is 0 Å². The van der Waals surface area contributed by atoms with Crippen molar-refractivity contribution < 1.29 is 9.47 Å². The Morgan fingerprint density at radius 2 is 2.29 bits per heavy atom. The average Bonchev–Trinajstić information content (AvgIpc) is 2.33. The third-order valence-electron chi connectivity index (χ3n) is 3.05. The van der Waals surface area contributed by atoms with E-state index in [0.29, 0.717) is 6.04 Å². The second-order valence-electron chi connectivity index (χ2n) is 4.63. The van der Waals surface area contributed by atoms with Crippen LogP contribution < -0.4 is 10.1 Å². The summed E-state index contributed by atoms with van der Waals surface area (Å²) in [6, 6.07) is 6.73. The smallest absolute Gasteiger partial charge is 0.122 e. The summed E-state index contributed by atoms with van der Waals surface area (Å²) >= 11 is 0. The maximum atomic E-state index is 5.80. The molecule has 3 heteroatoms. The molecule has 1 aromatic carbocycles. The molecule has 0 radical (unpaired) electrons. The van der Waals surface area contributed by atoms with Gasteiger partial charge >= 0.3 is 0 Å². The molecule has 1 fully saturated rings. The van der Waals surface area contributed by atoms with Gasteiger partial charge in [-0.15, -0.1) is 0 Å². The molecule has 1 unspecified atom stereocenters. The van der Waals surface area contributed by atoms with Crippen molar-refractivity contribution in [2.75, 3.05) is 26.4 Å². The highest BCUT2D eigenvalue weighted by Crippen LogP contribution is 2.18. The monoisotopic (exact) mass is 235 g/mol. The fourth-order valence-electron chi connectivity index (χ4n) is 2.08. The molecule has 17 heavy (non-hydrogen) atoms. The zero-order valence-corrected chi connectivity index (χ0v) is 10.7. The highest BCUT2D eigenvalue weighted by Gasteiger charge is 2.12. The molecule has 1 aliphatic heterocycles.